The van der Waals surface area contributed by atoms with Gasteiger partial charge in [0.15, 0.2) is 0 Å². The van der Waals surface area contributed by atoms with E-state index in [1.165, 1.54) is 12.1 Å². The topological polar surface area (TPSA) is 97.8 Å². The monoisotopic (exact) mass is 232 g/mol. The quantitative estimate of drug-likeness (QED) is 0.616. The lowest BCUT2D eigenvalue weighted by Gasteiger charge is -1.97. The Kier molecular flexibility index (Phi) is 3.15. The summed E-state index contributed by atoms with van der Waals surface area (Å²) in [5.41, 5.74) is 7.21. The number of nitro benzene ring substituents is 1. The summed E-state index contributed by atoms with van der Waals surface area (Å²) in [5.74, 6) is 0.820. The first-order valence-corrected chi connectivity index (χ1v) is 5.19. The second-order valence-corrected chi connectivity index (χ2v) is 3.59. The van der Waals surface area contributed by atoms with Gasteiger partial charge in [-0.25, -0.2) is 4.98 Å². The second-order valence-electron chi connectivity index (χ2n) is 3.59. The Hall–Kier alpha value is -2.21. The lowest BCUT2D eigenvalue weighted by atomic mass is 10.1. The zero-order valence-electron chi connectivity index (χ0n) is 9.09. The number of benzene rings is 1. The van der Waals surface area contributed by atoms with Crippen LogP contribution < -0.4 is 5.73 Å². The standard InChI is InChI=1S/C11H12N4O2/c12-6-5-11-13-7-10(14-11)8-1-3-9(4-2-8)15(16)17/h1-4,7H,5-6,12H2,(H,13,14). The molecule has 6 heteroatoms. The molecular weight excluding hydrogens is 220 g/mol. The number of rotatable bonds is 4. The molecule has 17 heavy (non-hydrogen) atoms. The summed E-state index contributed by atoms with van der Waals surface area (Å²) in [4.78, 5) is 17.4. The Morgan fingerprint density at radius 1 is 1.35 bits per heavy atom. The molecule has 0 fully saturated rings. The van der Waals surface area contributed by atoms with Gasteiger partial charge in [0.05, 0.1) is 16.8 Å². The largest absolute Gasteiger partial charge is 0.342 e. The summed E-state index contributed by atoms with van der Waals surface area (Å²) >= 11 is 0. The van der Waals surface area contributed by atoms with Gasteiger partial charge in [0.25, 0.3) is 5.69 Å². The molecule has 1 heterocycles. The minimum Gasteiger partial charge on any atom is -0.342 e. The van der Waals surface area contributed by atoms with E-state index in [0.29, 0.717) is 13.0 Å². The predicted molar refractivity (Wildman–Crippen MR) is 63.4 cm³/mol. The summed E-state index contributed by atoms with van der Waals surface area (Å²) < 4.78 is 0. The average Bonchev–Trinajstić information content (AvgIpc) is 2.78. The van der Waals surface area contributed by atoms with Crippen molar-refractivity contribution in [3.05, 3.63) is 46.4 Å². The van der Waals surface area contributed by atoms with Crippen molar-refractivity contribution in [1.82, 2.24) is 9.97 Å². The van der Waals surface area contributed by atoms with E-state index in [-0.39, 0.29) is 5.69 Å². The molecule has 0 aliphatic heterocycles. The van der Waals surface area contributed by atoms with Crippen molar-refractivity contribution in [3.63, 3.8) is 0 Å². The molecule has 0 saturated heterocycles. The molecule has 1 aromatic heterocycles. The minimum atomic E-state index is -0.420. The average molecular weight is 232 g/mol. The first-order valence-electron chi connectivity index (χ1n) is 5.19. The summed E-state index contributed by atoms with van der Waals surface area (Å²) in [6.45, 7) is 0.535. The number of hydrogen-bond acceptors (Lipinski definition) is 4. The van der Waals surface area contributed by atoms with E-state index < -0.39 is 4.92 Å². The molecule has 0 aliphatic carbocycles. The fourth-order valence-electron chi connectivity index (χ4n) is 1.54. The van der Waals surface area contributed by atoms with Crippen LogP contribution in [-0.2, 0) is 6.42 Å². The van der Waals surface area contributed by atoms with Crippen LogP contribution in [0.25, 0.3) is 11.3 Å². The fourth-order valence-corrected chi connectivity index (χ4v) is 1.54. The van der Waals surface area contributed by atoms with Gasteiger partial charge in [0.1, 0.15) is 5.82 Å². The van der Waals surface area contributed by atoms with Gasteiger partial charge in [-0.2, -0.15) is 0 Å². The molecule has 6 nitrogen and oxygen atoms in total. The Labute approximate surface area is 97.6 Å². The normalized spacial score (nSPS) is 10.4. The van der Waals surface area contributed by atoms with E-state index in [0.717, 1.165) is 17.1 Å². The molecule has 2 aromatic rings. The highest BCUT2D eigenvalue weighted by atomic mass is 16.6. The van der Waals surface area contributed by atoms with Crippen molar-refractivity contribution in [2.75, 3.05) is 6.54 Å². The van der Waals surface area contributed by atoms with Crippen molar-refractivity contribution in [2.24, 2.45) is 5.73 Å². The van der Waals surface area contributed by atoms with E-state index in [2.05, 4.69) is 9.97 Å². The van der Waals surface area contributed by atoms with Crippen LogP contribution >= 0.6 is 0 Å². The third-order valence-corrected chi connectivity index (χ3v) is 2.40. The van der Waals surface area contributed by atoms with Gasteiger partial charge < -0.3 is 10.7 Å². The first-order chi connectivity index (χ1) is 8.20. The molecule has 0 spiro atoms. The number of nitrogens with zero attached hydrogens (tertiary/aromatic N) is 2. The van der Waals surface area contributed by atoms with Crippen LogP contribution in [-0.4, -0.2) is 21.4 Å². The molecular formula is C11H12N4O2. The van der Waals surface area contributed by atoms with Crippen molar-refractivity contribution in [2.45, 2.75) is 6.42 Å². The van der Waals surface area contributed by atoms with Gasteiger partial charge in [-0.05, 0) is 18.7 Å². The number of aromatic nitrogens is 2. The first kappa shape index (κ1) is 11.3. The fraction of sp³-hybridized carbons (Fsp3) is 0.182. The predicted octanol–water partition coefficient (Wildman–Crippen LogP) is 1.49. The molecule has 3 N–H and O–H groups in total. The Morgan fingerprint density at radius 2 is 2.06 bits per heavy atom. The van der Waals surface area contributed by atoms with E-state index in [9.17, 15) is 10.1 Å². The maximum atomic E-state index is 10.5. The molecule has 2 rings (SSSR count). The van der Waals surface area contributed by atoms with Crippen molar-refractivity contribution >= 4 is 5.69 Å². The highest BCUT2D eigenvalue weighted by molar-refractivity contribution is 5.60. The van der Waals surface area contributed by atoms with Gasteiger partial charge in [0, 0.05) is 24.1 Å². The van der Waals surface area contributed by atoms with Gasteiger partial charge >= 0.3 is 0 Å². The molecule has 0 radical (unpaired) electrons. The summed E-state index contributed by atoms with van der Waals surface area (Å²) in [7, 11) is 0. The SMILES string of the molecule is NCCc1ncc(-c2ccc([N+](=O)[O-])cc2)[nH]1. The van der Waals surface area contributed by atoms with Crippen molar-refractivity contribution in [3.8, 4) is 11.3 Å². The van der Waals surface area contributed by atoms with E-state index in [1.54, 1.807) is 18.3 Å². The number of H-pyrrole nitrogens is 1. The van der Waals surface area contributed by atoms with E-state index in [4.69, 9.17) is 5.73 Å². The van der Waals surface area contributed by atoms with Crippen LogP contribution in [0.4, 0.5) is 5.69 Å². The maximum absolute atomic E-state index is 10.5. The highest BCUT2D eigenvalue weighted by Crippen LogP contribution is 2.20. The van der Waals surface area contributed by atoms with E-state index >= 15 is 0 Å². The molecule has 0 aliphatic rings. The second kappa shape index (κ2) is 4.75. The Balaban J connectivity index is 2.23. The van der Waals surface area contributed by atoms with Gasteiger partial charge in [-0.15, -0.1) is 0 Å². The van der Waals surface area contributed by atoms with Crippen LogP contribution in [0, 0.1) is 10.1 Å². The smallest absolute Gasteiger partial charge is 0.269 e. The number of imidazole rings is 1. The molecule has 0 amide bonds. The highest BCUT2D eigenvalue weighted by Gasteiger charge is 2.06. The minimum absolute atomic E-state index is 0.0791. The summed E-state index contributed by atoms with van der Waals surface area (Å²) in [5, 5.41) is 10.5. The van der Waals surface area contributed by atoms with E-state index in [1.807, 2.05) is 0 Å². The molecule has 0 atom stereocenters. The van der Waals surface area contributed by atoms with Gasteiger partial charge in [-0.3, -0.25) is 10.1 Å². The molecule has 88 valence electrons. The molecule has 1 aromatic carbocycles. The maximum Gasteiger partial charge on any atom is 0.269 e. The number of nitro groups is 1. The zero-order valence-corrected chi connectivity index (χ0v) is 9.09. The zero-order chi connectivity index (χ0) is 12.3. The van der Waals surface area contributed by atoms with Gasteiger partial charge in [-0.1, -0.05) is 0 Å². The molecule has 0 bridgehead atoms. The van der Waals surface area contributed by atoms with Crippen molar-refractivity contribution < 1.29 is 4.92 Å². The van der Waals surface area contributed by atoms with Crippen LogP contribution in [0.1, 0.15) is 5.82 Å². The van der Waals surface area contributed by atoms with Crippen LogP contribution in [0.3, 0.4) is 0 Å². The van der Waals surface area contributed by atoms with Crippen molar-refractivity contribution in [1.29, 1.82) is 0 Å². The van der Waals surface area contributed by atoms with Crippen LogP contribution in [0.5, 0.6) is 0 Å². The lowest BCUT2D eigenvalue weighted by Crippen LogP contribution is -2.03. The summed E-state index contributed by atoms with van der Waals surface area (Å²) in [6.07, 6.45) is 2.39. The Bertz CT molecular complexity index is 519. The third-order valence-electron chi connectivity index (χ3n) is 2.40. The van der Waals surface area contributed by atoms with Crippen LogP contribution in [0.15, 0.2) is 30.5 Å². The summed E-state index contributed by atoms with van der Waals surface area (Å²) in [6, 6.07) is 6.33. The lowest BCUT2D eigenvalue weighted by molar-refractivity contribution is -0.384. The number of hydrogen-bond donors (Lipinski definition) is 2. The number of aromatic amines is 1. The molecule has 0 unspecified atom stereocenters. The number of nitrogens with one attached hydrogen (secondary N) is 1. The number of nitrogens with two attached hydrogens (primary N) is 1. The third kappa shape index (κ3) is 2.48. The Morgan fingerprint density at radius 3 is 2.65 bits per heavy atom. The molecule has 0 saturated carbocycles. The van der Waals surface area contributed by atoms with Gasteiger partial charge in [0.2, 0.25) is 0 Å². The number of non-ortho nitro benzene ring substituents is 1. The van der Waals surface area contributed by atoms with Crippen LogP contribution in [0.2, 0.25) is 0 Å².